The van der Waals surface area contributed by atoms with Crippen LogP contribution in [-0.2, 0) is 36.1 Å². The Bertz CT molecular complexity index is 391. The first kappa shape index (κ1) is 53.0. The van der Waals surface area contributed by atoms with Crippen LogP contribution in [-0.4, -0.2) is 59.6 Å². The van der Waals surface area contributed by atoms with Crippen molar-refractivity contribution in [1.82, 2.24) is 0 Å². The molecule has 0 amide bonds. The topological polar surface area (TPSA) is 82.1 Å². The summed E-state index contributed by atoms with van der Waals surface area (Å²) in [5.74, 6) is -0.674. The molecule has 0 bridgehead atoms. The van der Waals surface area contributed by atoms with Crippen LogP contribution in [0.4, 0.5) is 0 Å². The van der Waals surface area contributed by atoms with Gasteiger partial charge in [0.25, 0.3) is 0 Å². The van der Waals surface area contributed by atoms with E-state index in [0.717, 1.165) is 6.42 Å². The summed E-state index contributed by atoms with van der Waals surface area (Å²) in [5.41, 5.74) is 0. The van der Waals surface area contributed by atoms with Crippen molar-refractivity contribution in [1.29, 1.82) is 0 Å². The van der Waals surface area contributed by atoms with Crippen LogP contribution in [0.1, 0.15) is 58.8 Å². The van der Waals surface area contributed by atoms with Gasteiger partial charge in [-0.25, -0.2) is 9.59 Å². The third-order valence-electron chi connectivity index (χ3n) is 2.29. The summed E-state index contributed by atoms with van der Waals surface area (Å²) in [6.07, 6.45) is 0.0590. The summed E-state index contributed by atoms with van der Waals surface area (Å²) in [4.78, 5) is 21.0. The van der Waals surface area contributed by atoms with E-state index in [1.165, 1.54) is 0 Å². The zero-order valence-electron chi connectivity index (χ0n) is 15.6. The summed E-state index contributed by atoms with van der Waals surface area (Å²) in [5, 5.41) is 8.52. The summed E-state index contributed by atoms with van der Waals surface area (Å²) in [6, 6.07) is 0. The summed E-state index contributed by atoms with van der Waals surface area (Å²) < 4.78 is 14.7. The molecule has 6 nitrogen and oxygen atoms in total. The second-order valence-corrected chi connectivity index (χ2v) is 16.5. The molecule has 2 aliphatic rings. The zero-order chi connectivity index (χ0) is 20.0. The molecule has 0 aromatic rings. The molecule has 1 N–H and O–H groups in total. The van der Waals surface area contributed by atoms with Gasteiger partial charge in [0.05, 0.1) is 13.2 Å². The van der Waals surface area contributed by atoms with E-state index in [2.05, 4.69) is 44.0 Å². The Kier molecular flexibility index (Phi) is 51.9. The molecule has 0 aromatic heterocycles. The van der Waals surface area contributed by atoms with Crippen LogP contribution in [0.15, 0.2) is 0 Å². The van der Waals surface area contributed by atoms with Gasteiger partial charge in [-0.3, -0.25) is 0 Å². The average molecular weight is 578 g/mol. The fourth-order valence-corrected chi connectivity index (χ4v) is 2.56. The van der Waals surface area contributed by atoms with Crippen LogP contribution in [0.3, 0.4) is 0 Å². The molecular formula is C20H56Cl2NiO6Si2. The fourth-order valence-electron chi connectivity index (χ4n) is 1.50. The van der Waals surface area contributed by atoms with E-state index in [4.69, 9.17) is 34.7 Å². The number of carbonyl (C=O) groups is 2. The normalized spacial score (nSPS) is 17.7. The third kappa shape index (κ3) is 38.0. The maximum Gasteiger partial charge on any atom is 0 e. The number of hydrogen-bond acceptors (Lipinski definition) is 6. The maximum absolute atomic E-state index is 10.9. The van der Waals surface area contributed by atoms with Gasteiger partial charge in [-0.1, -0.05) is 64.2 Å². The largest absolute Gasteiger partial charge is 0 e. The molecule has 0 aromatic carbocycles. The summed E-state index contributed by atoms with van der Waals surface area (Å²) in [6.45, 7) is 14.0. The molecule has 2 atom stereocenters. The van der Waals surface area contributed by atoms with E-state index in [1.807, 2.05) is 0 Å². The van der Waals surface area contributed by atoms with Crippen molar-refractivity contribution in [2.24, 2.45) is 0 Å². The van der Waals surface area contributed by atoms with Gasteiger partial charge < -0.3 is 19.0 Å². The van der Waals surface area contributed by atoms with Crippen LogP contribution in [0.5, 0.6) is 0 Å². The van der Waals surface area contributed by atoms with E-state index >= 15 is 0 Å². The van der Waals surface area contributed by atoms with Gasteiger partial charge in [0.1, 0.15) is 6.10 Å². The first-order valence-corrected chi connectivity index (χ1v) is 17.5. The van der Waals surface area contributed by atoms with Crippen molar-refractivity contribution in [3.05, 3.63) is 0 Å². The fraction of sp³-hybridized carbons (Fsp3) is 0.900. The van der Waals surface area contributed by atoms with Gasteiger partial charge in [-0.2, -0.15) is 0 Å². The predicted octanol–water partition coefficient (Wildman–Crippen LogP) is 6.99. The monoisotopic (exact) mass is 576 g/mol. The Labute approximate surface area is 213 Å². The van der Waals surface area contributed by atoms with Crippen LogP contribution < -0.4 is 0 Å². The van der Waals surface area contributed by atoms with Crippen LogP contribution in [0.2, 0.25) is 39.3 Å². The molecule has 2 fully saturated rings. The minimum Gasteiger partial charge on any atom is 0 e. The maximum atomic E-state index is 10.9. The van der Waals surface area contributed by atoms with Gasteiger partial charge in [0.15, 0.2) is 14.4 Å². The number of esters is 2. The summed E-state index contributed by atoms with van der Waals surface area (Å²) >= 11 is 0.569. The summed E-state index contributed by atoms with van der Waals surface area (Å²) in [7, 11) is 7.70. The molecule has 2 aliphatic heterocycles. The Morgan fingerprint density at radius 2 is 1.26 bits per heavy atom. The number of ether oxygens (including phenoxy) is 2. The van der Waals surface area contributed by atoms with E-state index < -0.39 is 20.4 Å². The number of halogens is 2. The van der Waals surface area contributed by atoms with Crippen molar-refractivity contribution in [3.8, 4) is 0 Å². The molecule has 204 valence electrons. The van der Waals surface area contributed by atoms with Crippen molar-refractivity contribution < 1.29 is 42.7 Å². The first-order chi connectivity index (χ1) is 11.4. The van der Waals surface area contributed by atoms with Gasteiger partial charge in [-0.05, 0) is 19.6 Å². The van der Waals surface area contributed by atoms with Gasteiger partial charge in [-0.15, -0.1) is 0 Å². The van der Waals surface area contributed by atoms with Gasteiger partial charge in [0.2, 0.25) is 0 Å². The molecule has 0 spiro atoms. The number of aliphatic hydroxyl groups excluding tert-OH is 1. The Balaban J connectivity index is -0.0000000322. The van der Waals surface area contributed by atoms with Crippen LogP contribution >= 0.6 is 20.4 Å². The van der Waals surface area contributed by atoms with E-state index in [0.29, 0.717) is 32.3 Å². The average Bonchev–Trinajstić information content (AvgIpc) is 2.99. The smallest absolute Gasteiger partial charge is 0 e. The number of cyclic esters (lactones) is 2. The SMILES string of the molecule is C.C.C.C.C.C.C[SiH](C)C.C[Si](C)(C)OC1CCOC1=O.O=C1OCCC1O.[Cl][Ni][Cl].[HH]. The Morgan fingerprint density at radius 3 is 1.42 bits per heavy atom. The third-order valence-corrected chi connectivity index (χ3v) is 3.28. The number of hydrogen-bond donors (Lipinski definition) is 1. The molecule has 2 heterocycles. The molecular weight excluding hydrogens is 522 g/mol. The van der Waals surface area contributed by atoms with Crippen molar-refractivity contribution in [2.75, 3.05) is 13.2 Å². The first-order valence-electron chi connectivity index (χ1n) is 7.96. The molecule has 0 saturated carbocycles. The molecule has 2 saturated heterocycles. The number of carbonyl (C=O) groups excluding carboxylic acids is 2. The molecule has 11 heteroatoms. The quantitative estimate of drug-likeness (QED) is 0.281. The minimum atomic E-state index is -1.56. The van der Waals surface area contributed by atoms with Gasteiger partial charge >= 0.3 is 45.0 Å². The van der Waals surface area contributed by atoms with Crippen molar-refractivity contribution in [2.45, 2.75) is 109 Å². The van der Waals surface area contributed by atoms with Crippen molar-refractivity contribution >= 4 is 49.4 Å². The van der Waals surface area contributed by atoms with E-state index in [9.17, 15) is 9.59 Å². The molecule has 0 aliphatic carbocycles. The van der Waals surface area contributed by atoms with Crippen LogP contribution in [0, 0.1) is 0 Å². The zero-order valence-corrected chi connectivity index (χ0v) is 20.3. The second kappa shape index (κ2) is 30.4. The Hall–Kier alpha value is 0.367. The molecule has 2 rings (SSSR count). The molecule has 31 heavy (non-hydrogen) atoms. The predicted molar refractivity (Wildman–Crippen MR) is 144 cm³/mol. The Morgan fingerprint density at radius 1 is 0.935 bits per heavy atom. The minimum absolute atomic E-state index is 0. The van der Waals surface area contributed by atoms with E-state index in [-0.39, 0.29) is 66.9 Å². The van der Waals surface area contributed by atoms with Crippen molar-refractivity contribution in [3.63, 3.8) is 0 Å². The van der Waals surface area contributed by atoms with Crippen LogP contribution in [0.25, 0.3) is 0 Å². The number of rotatable bonds is 2. The number of aliphatic hydroxyl groups is 1. The van der Waals surface area contributed by atoms with Gasteiger partial charge in [0, 0.05) is 23.1 Å². The molecule has 2 unspecified atom stereocenters. The molecule has 0 radical (unpaired) electrons. The van der Waals surface area contributed by atoms with E-state index in [1.54, 1.807) is 0 Å². The standard InChI is InChI=1S/C7H14O3Si.C4H6O3.C3H10Si.6CH4.2ClH.Ni.H2/c1-11(2,3)10-6-4-5-9-7(6)8;5-3-1-2-7-4(3)6;1-4(2)3;;;;;;;;;;/h6H,4-5H2,1-3H3;3,5H,1-2H2;4H,1-3H3;6*1H4;2*1H;;1H/q;;;;;;;;;;;+2;/p-2. The second-order valence-electron chi connectivity index (χ2n) is 6.92.